The largest absolute Gasteiger partial charge is 1.00 e. The van der Waals surface area contributed by atoms with Gasteiger partial charge in [-0.15, -0.1) is 5.69 Å². The molecule has 0 aliphatic rings. The van der Waals surface area contributed by atoms with Crippen molar-refractivity contribution in [1.82, 2.24) is 0 Å². The van der Waals surface area contributed by atoms with Gasteiger partial charge in [-0.3, -0.25) is 0 Å². The Hall–Kier alpha value is 0.656. The zero-order valence-electron chi connectivity index (χ0n) is 9.50. The monoisotopic (exact) mass is 136 g/mol. The second-order valence-corrected chi connectivity index (χ2v) is 1.00. The van der Waals surface area contributed by atoms with E-state index in [2.05, 4.69) is 0 Å². The Bertz CT molecular complexity index is 235. The van der Waals surface area contributed by atoms with Gasteiger partial charge >= 0.3 is 51.4 Å². The van der Waals surface area contributed by atoms with Gasteiger partial charge in [-0.25, -0.2) is 0 Å². The maximum atomic E-state index is 7.12. The molecule has 0 spiro atoms. The van der Waals surface area contributed by atoms with Crippen LogP contribution in [-0.4, -0.2) is 0 Å². The Balaban J connectivity index is 0.00000144. The van der Waals surface area contributed by atoms with E-state index in [1.165, 1.54) is 0 Å². The van der Waals surface area contributed by atoms with Crippen LogP contribution >= 0.6 is 0 Å². The van der Waals surface area contributed by atoms with Crippen molar-refractivity contribution in [3.05, 3.63) is 35.9 Å². The first-order valence-electron chi connectivity index (χ1n) is 4.25. The fourth-order valence-corrected chi connectivity index (χ4v) is 0.250. The Morgan fingerprint density at radius 1 is 1.25 bits per heavy atom. The second kappa shape index (κ2) is 4.53. The van der Waals surface area contributed by atoms with E-state index in [4.69, 9.17) is 12.6 Å². The summed E-state index contributed by atoms with van der Waals surface area (Å²) in [6.45, 7) is 0. The van der Waals surface area contributed by atoms with Gasteiger partial charge in [0, 0.05) is 0 Å². The van der Waals surface area contributed by atoms with Gasteiger partial charge in [0.15, 0.2) is 0 Å². The van der Waals surface area contributed by atoms with Gasteiger partial charge in [0.05, 0.1) is 6.85 Å². The van der Waals surface area contributed by atoms with Crippen molar-refractivity contribution in [3.8, 4) is 0 Å². The third kappa shape index (κ3) is 2.84. The molecule has 0 bridgehead atoms. The van der Waals surface area contributed by atoms with Gasteiger partial charge in [0.25, 0.3) is 0 Å². The van der Waals surface area contributed by atoms with Crippen LogP contribution in [0.1, 0.15) is 6.85 Å². The predicted molar refractivity (Wildman–Crippen MR) is 30.4 cm³/mol. The second-order valence-electron chi connectivity index (χ2n) is 1.00. The summed E-state index contributed by atoms with van der Waals surface area (Å²) in [5.74, 6) is 0. The topological polar surface area (TPSA) is 23.8 Å². The van der Waals surface area contributed by atoms with E-state index < -0.39 is 35.9 Å². The number of hydrogen-bond acceptors (Lipinski definition) is 0. The van der Waals surface area contributed by atoms with Crippen LogP contribution in [0, 0.1) is 0 Å². The molecule has 36 valence electrons. The van der Waals surface area contributed by atoms with Gasteiger partial charge < -0.3 is 5.73 Å². The Morgan fingerprint density at radius 2 is 1.75 bits per heavy atom. The minimum atomic E-state index is -0.457. The Labute approximate surface area is 98.7 Å². The molecule has 0 aliphatic carbocycles. The van der Waals surface area contributed by atoms with Crippen molar-refractivity contribution < 1.29 is 58.2 Å². The fourth-order valence-electron chi connectivity index (χ4n) is 0.250. The molecule has 8 heavy (non-hydrogen) atoms. The van der Waals surface area contributed by atoms with Gasteiger partial charge in [-0.05, 0) is 0 Å². The summed E-state index contributed by atoms with van der Waals surface area (Å²) in [6, 6.07) is -2.29. The van der Waals surface area contributed by atoms with E-state index >= 15 is 0 Å². The van der Waals surface area contributed by atoms with E-state index in [1.54, 1.807) is 0 Å². The van der Waals surface area contributed by atoms with Crippen molar-refractivity contribution in [1.29, 1.82) is 0 Å². The number of nitrogens with one attached hydrogen (secondary N) is 1. The molecule has 0 heterocycles. The molecule has 0 aromatic heterocycles. The van der Waals surface area contributed by atoms with Crippen LogP contribution in [0.3, 0.4) is 0 Å². The van der Waals surface area contributed by atoms with Crippen LogP contribution in [0.2, 0.25) is 0 Å². The maximum Gasteiger partial charge on any atom is 1.00 e. The van der Waals surface area contributed by atoms with E-state index in [0.29, 0.717) is 0 Å². The van der Waals surface area contributed by atoms with Crippen molar-refractivity contribution >= 4 is 5.69 Å². The molecule has 1 aromatic rings. The van der Waals surface area contributed by atoms with Crippen LogP contribution in [0.4, 0.5) is 5.69 Å². The molecule has 1 nitrogen and oxygen atoms in total. The summed E-state index contributed by atoms with van der Waals surface area (Å²) in [7, 11) is 0. The molecule has 0 aliphatic heterocycles. The van der Waals surface area contributed by atoms with Crippen LogP contribution < -0.4 is 51.4 Å². The molecular weight excluding hydrogens is 125 g/mol. The Kier molecular flexibility index (Phi) is 1.79. The Morgan fingerprint density at radius 3 is 2.25 bits per heavy atom. The molecule has 1 N–H and O–H groups in total. The van der Waals surface area contributed by atoms with Gasteiger partial charge in [0.1, 0.15) is 0 Å². The first-order valence-corrected chi connectivity index (χ1v) is 1.75. The van der Waals surface area contributed by atoms with E-state index in [9.17, 15) is 0 Å². The predicted octanol–water partition coefficient (Wildman–Crippen LogP) is -0.626. The molecule has 0 amide bonds. The summed E-state index contributed by atoms with van der Waals surface area (Å²) in [5.41, 5.74) is 6.67. The van der Waals surface area contributed by atoms with Crippen LogP contribution in [0.5, 0.6) is 0 Å². The van der Waals surface area contributed by atoms with Crippen LogP contribution in [0.25, 0.3) is 5.73 Å². The minimum absolute atomic E-state index is 0. The number of benzene rings is 1. The first kappa shape index (κ1) is 3.17. The number of rotatable bonds is 0. The first-order chi connectivity index (χ1) is 5.46. The molecule has 2 heteroatoms. The molecule has 1 rings (SSSR count). The normalized spacial score (nSPS) is 16.2. The molecule has 1 aromatic carbocycles. The third-order valence-corrected chi connectivity index (χ3v) is 0.500. The van der Waals surface area contributed by atoms with Gasteiger partial charge in [0.2, 0.25) is 0 Å². The van der Waals surface area contributed by atoms with Crippen LogP contribution in [-0.2, 0) is 0 Å². The minimum Gasteiger partial charge on any atom is -0.699 e. The van der Waals surface area contributed by atoms with E-state index in [0.717, 1.165) is 0 Å². The molecule has 0 saturated heterocycles. The van der Waals surface area contributed by atoms with E-state index in [1.807, 2.05) is 0 Å². The summed E-state index contributed by atoms with van der Waals surface area (Å²) in [5, 5.41) is 0. The summed E-state index contributed by atoms with van der Waals surface area (Å²) < 4.78 is 35.6. The molecule has 0 fully saturated rings. The molecular formula is C6H6KN. The smallest absolute Gasteiger partial charge is 0.699 e. The standard InChI is InChI=1S/C6H6N.K/c7-6-4-2-1-3-5-6;/h1-5,7H;/q-1;+1/i1D,2D,3D,4D,5D;. The summed E-state index contributed by atoms with van der Waals surface area (Å²) in [6.07, 6.45) is 0. The van der Waals surface area contributed by atoms with Crippen molar-refractivity contribution in [2.24, 2.45) is 0 Å². The fraction of sp³-hybridized carbons (Fsp3) is 0. The van der Waals surface area contributed by atoms with Crippen LogP contribution in [0.15, 0.2) is 30.2 Å². The third-order valence-electron chi connectivity index (χ3n) is 0.500. The quantitative estimate of drug-likeness (QED) is 0.424. The summed E-state index contributed by atoms with van der Waals surface area (Å²) >= 11 is 0. The van der Waals surface area contributed by atoms with Gasteiger partial charge in [-0.1, -0.05) is 30.2 Å². The van der Waals surface area contributed by atoms with Crippen molar-refractivity contribution in [3.63, 3.8) is 0 Å². The maximum absolute atomic E-state index is 7.12. The molecule has 0 atom stereocenters. The SMILES string of the molecule is [2H]c1c([2H])c([2H])c([NH-])c([2H])c1[2H].[K+]. The average molecular weight is 136 g/mol. The molecule has 0 unspecified atom stereocenters. The van der Waals surface area contributed by atoms with Crippen molar-refractivity contribution in [2.45, 2.75) is 0 Å². The van der Waals surface area contributed by atoms with Crippen molar-refractivity contribution in [2.75, 3.05) is 0 Å². The van der Waals surface area contributed by atoms with Gasteiger partial charge in [-0.2, -0.15) is 0 Å². The zero-order valence-corrected chi connectivity index (χ0v) is 7.62. The average Bonchev–Trinajstić information content (AvgIpc) is 2.08. The zero-order chi connectivity index (χ0) is 9.46. The summed E-state index contributed by atoms with van der Waals surface area (Å²) in [4.78, 5) is 0. The van der Waals surface area contributed by atoms with E-state index in [-0.39, 0.29) is 51.4 Å². The number of hydrogen-bond donors (Lipinski definition) is 0. The molecule has 0 saturated carbocycles. The molecule has 0 radical (unpaired) electrons.